The number of carbonyl (C=O) groups is 2. The van der Waals surface area contributed by atoms with E-state index in [1.807, 2.05) is 17.6 Å². The van der Waals surface area contributed by atoms with Gasteiger partial charge in [-0.05, 0) is 38.1 Å². The third-order valence-electron chi connectivity index (χ3n) is 5.56. The van der Waals surface area contributed by atoms with E-state index >= 15 is 0 Å². The highest BCUT2D eigenvalue weighted by Crippen LogP contribution is 2.29. The summed E-state index contributed by atoms with van der Waals surface area (Å²) in [6.07, 6.45) is 1.78. The molecule has 1 aliphatic heterocycles. The predicted octanol–water partition coefficient (Wildman–Crippen LogP) is 4.82. The van der Waals surface area contributed by atoms with Crippen molar-refractivity contribution in [2.45, 2.75) is 71.9 Å². The number of esters is 1. The first-order valence-electron chi connectivity index (χ1n) is 11.9. The Hall–Kier alpha value is -1.69. The maximum Gasteiger partial charge on any atom is 0.338 e. The van der Waals surface area contributed by atoms with Gasteiger partial charge in [-0.15, -0.1) is 0 Å². The zero-order valence-corrected chi connectivity index (χ0v) is 23.7. The van der Waals surface area contributed by atoms with Crippen LogP contribution in [0.3, 0.4) is 0 Å². The SMILES string of the molecule is CCOC(=O)C1=CCN(COCC[Si](C)(C)C)C(=O)c2c1cc(C)n2COCC[Si](C)(C)C. The fourth-order valence-electron chi connectivity index (χ4n) is 3.42. The van der Waals surface area contributed by atoms with Crippen LogP contribution in [-0.2, 0) is 25.7 Å². The molecule has 0 atom stereocenters. The smallest absolute Gasteiger partial charge is 0.338 e. The zero-order chi connectivity index (χ0) is 24.8. The van der Waals surface area contributed by atoms with E-state index in [9.17, 15) is 9.59 Å². The van der Waals surface area contributed by atoms with E-state index in [2.05, 4.69) is 39.3 Å². The van der Waals surface area contributed by atoms with Gasteiger partial charge in [0.1, 0.15) is 19.2 Å². The lowest BCUT2D eigenvalue weighted by Gasteiger charge is -2.23. The fraction of sp³-hybridized carbons (Fsp3) is 0.667. The Bertz CT molecular complexity index is 865. The molecule has 0 saturated heterocycles. The number of hydrogen-bond acceptors (Lipinski definition) is 5. The van der Waals surface area contributed by atoms with Crippen molar-refractivity contribution in [3.8, 4) is 0 Å². The number of ether oxygens (including phenoxy) is 3. The molecule has 1 aliphatic rings. The van der Waals surface area contributed by atoms with E-state index in [1.165, 1.54) is 0 Å². The molecule has 0 aliphatic carbocycles. The van der Waals surface area contributed by atoms with Crippen LogP contribution in [0.5, 0.6) is 0 Å². The van der Waals surface area contributed by atoms with Crippen LogP contribution >= 0.6 is 0 Å². The number of amides is 1. The van der Waals surface area contributed by atoms with Gasteiger partial charge in [-0.25, -0.2) is 4.79 Å². The first kappa shape index (κ1) is 27.6. The van der Waals surface area contributed by atoms with Crippen LogP contribution in [0, 0.1) is 6.92 Å². The fourth-order valence-corrected chi connectivity index (χ4v) is 4.94. The summed E-state index contributed by atoms with van der Waals surface area (Å²) >= 11 is 0. The highest BCUT2D eigenvalue weighted by atomic mass is 28.3. The molecule has 2 rings (SSSR count). The Labute approximate surface area is 201 Å². The van der Waals surface area contributed by atoms with Gasteiger partial charge >= 0.3 is 5.97 Å². The molecule has 1 amide bonds. The molecule has 0 N–H and O–H groups in total. The number of aryl methyl sites for hydroxylation is 1. The van der Waals surface area contributed by atoms with Crippen molar-refractivity contribution in [2.24, 2.45) is 0 Å². The molecule has 0 aromatic carbocycles. The molecule has 7 nitrogen and oxygen atoms in total. The van der Waals surface area contributed by atoms with Crippen molar-refractivity contribution in [3.63, 3.8) is 0 Å². The molecular weight excluding hydrogens is 452 g/mol. The van der Waals surface area contributed by atoms with Gasteiger partial charge in [-0.2, -0.15) is 0 Å². The van der Waals surface area contributed by atoms with Crippen LogP contribution in [0.1, 0.15) is 28.7 Å². The van der Waals surface area contributed by atoms with E-state index in [4.69, 9.17) is 14.2 Å². The second-order valence-corrected chi connectivity index (χ2v) is 22.3. The zero-order valence-electron chi connectivity index (χ0n) is 21.7. The topological polar surface area (TPSA) is 70.0 Å². The first-order chi connectivity index (χ1) is 15.3. The van der Waals surface area contributed by atoms with Crippen LogP contribution < -0.4 is 0 Å². The minimum absolute atomic E-state index is 0.157. The van der Waals surface area contributed by atoms with E-state index in [0.717, 1.165) is 17.8 Å². The Balaban J connectivity index is 2.28. The average molecular weight is 495 g/mol. The van der Waals surface area contributed by atoms with Gasteiger partial charge in [-0.1, -0.05) is 39.3 Å². The van der Waals surface area contributed by atoms with Crippen LogP contribution in [0.4, 0.5) is 0 Å². The molecule has 0 spiro atoms. The third-order valence-corrected chi connectivity index (χ3v) is 8.96. The quantitative estimate of drug-likeness (QED) is 0.237. The lowest BCUT2D eigenvalue weighted by Crippen LogP contribution is -2.35. The van der Waals surface area contributed by atoms with E-state index < -0.39 is 22.1 Å². The first-order valence-corrected chi connectivity index (χ1v) is 19.3. The van der Waals surface area contributed by atoms with Crippen molar-refractivity contribution in [1.29, 1.82) is 0 Å². The van der Waals surface area contributed by atoms with Gasteiger partial charge < -0.3 is 23.7 Å². The Kier molecular flexibility index (Phi) is 9.72. The maximum absolute atomic E-state index is 13.6. The highest BCUT2D eigenvalue weighted by molar-refractivity contribution is 6.76. The van der Waals surface area contributed by atoms with Gasteiger partial charge in [0.05, 0.1) is 12.2 Å². The molecule has 0 radical (unpaired) electrons. The lowest BCUT2D eigenvalue weighted by atomic mass is 10.1. The summed E-state index contributed by atoms with van der Waals surface area (Å²) < 4.78 is 19.0. The average Bonchev–Trinajstić information content (AvgIpc) is 2.94. The van der Waals surface area contributed by atoms with Crippen molar-refractivity contribution >= 4 is 33.6 Å². The Morgan fingerprint density at radius 2 is 1.58 bits per heavy atom. The number of carbonyl (C=O) groups excluding carboxylic acids is 2. The molecule has 0 unspecified atom stereocenters. The largest absolute Gasteiger partial charge is 0.462 e. The van der Waals surface area contributed by atoms with Gasteiger partial charge in [0.15, 0.2) is 0 Å². The predicted molar refractivity (Wildman–Crippen MR) is 138 cm³/mol. The van der Waals surface area contributed by atoms with Gasteiger partial charge in [-0.3, -0.25) is 4.79 Å². The van der Waals surface area contributed by atoms with Crippen molar-refractivity contribution in [1.82, 2.24) is 9.47 Å². The molecule has 186 valence electrons. The summed E-state index contributed by atoms with van der Waals surface area (Å²) in [6, 6.07) is 3.96. The van der Waals surface area contributed by atoms with Crippen LogP contribution in [-0.4, -0.2) is 70.6 Å². The highest BCUT2D eigenvalue weighted by Gasteiger charge is 2.31. The maximum atomic E-state index is 13.6. The van der Waals surface area contributed by atoms with Crippen molar-refractivity contribution < 1.29 is 23.8 Å². The number of rotatable bonds is 12. The van der Waals surface area contributed by atoms with Gasteiger partial charge in [0, 0.05) is 47.2 Å². The van der Waals surface area contributed by atoms with Gasteiger partial charge in [0.2, 0.25) is 0 Å². The summed E-state index contributed by atoms with van der Waals surface area (Å²) in [7, 11) is -2.44. The molecule has 1 aromatic heterocycles. The molecule has 9 heteroatoms. The number of hydrogen-bond donors (Lipinski definition) is 0. The monoisotopic (exact) mass is 494 g/mol. The number of aromatic nitrogens is 1. The molecule has 1 aromatic rings. The van der Waals surface area contributed by atoms with Crippen LogP contribution in [0.15, 0.2) is 12.1 Å². The van der Waals surface area contributed by atoms with Crippen LogP contribution in [0.2, 0.25) is 51.4 Å². The normalized spacial score (nSPS) is 14.7. The van der Waals surface area contributed by atoms with E-state index in [-0.39, 0.29) is 26.0 Å². The van der Waals surface area contributed by atoms with E-state index in [0.29, 0.717) is 36.6 Å². The molecule has 0 fully saturated rings. The summed E-state index contributed by atoms with van der Waals surface area (Å²) in [5.41, 5.74) is 2.37. The Morgan fingerprint density at radius 1 is 1.00 bits per heavy atom. The molecule has 0 bridgehead atoms. The summed E-state index contributed by atoms with van der Waals surface area (Å²) in [6.45, 7) is 19.9. The molecule has 33 heavy (non-hydrogen) atoms. The van der Waals surface area contributed by atoms with E-state index in [1.54, 1.807) is 17.9 Å². The summed E-state index contributed by atoms with van der Waals surface area (Å²) in [5, 5.41) is 0. The summed E-state index contributed by atoms with van der Waals surface area (Å²) in [4.78, 5) is 27.9. The summed E-state index contributed by atoms with van der Waals surface area (Å²) in [5.74, 6) is -0.569. The Morgan fingerprint density at radius 3 is 2.12 bits per heavy atom. The molecule has 2 heterocycles. The van der Waals surface area contributed by atoms with Crippen LogP contribution in [0.25, 0.3) is 5.57 Å². The van der Waals surface area contributed by atoms with Crippen molar-refractivity contribution in [3.05, 3.63) is 29.1 Å². The van der Waals surface area contributed by atoms with Crippen molar-refractivity contribution in [2.75, 3.05) is 33.1 Å². The standard InChI is InChI=1S/C24H42N2O5Si2/c1-9-31-24(28)20-10-11-25(17-29-12-14-32(3,4)5)23(27)22-21(20)16-19(2)26(22)18-30-13-15-33(6,7)8/h10,16H,9,11-15,17-18H2,1-8H3. The lowest BCUT2D eigenvalue weighted by molar-refractivity contribution is -0.136. The second-order valence-electron chi connectivity index (χ2n) is 11.0. The second kappa shape index (κ2) is 11.6. The number of fused-ring (bicyclic) bond motifs is 1. The molecular formula is C24H42N2O5Si2. The minimum Gasteiger partial charge on any atom is -0.462 e. The molecule has 0 saturated carbocycles. The third kappa shape index (κ3) is 8.24. The number of nitrogens with zero attached hydrogens (tertiary/aromatic N) is 2. The van der Waals surface area contributed by atoms with Gasteiger partial charge in [0.25, 0.3) is 5.91 Å². The minimum atomic E-state index is -1.22.